The van der Waals surface area contributed by atoms with Crippen LogP contribution in [-0.2, 0) is 4.79 Å². The Labute approximate surface area is 104 Å². The van der Waals surface area contributed by atoms with Crippen LogP contribution >= 0.6 is 15.9 Å². The van der Waals surface area contributed by atoms with Gasteiger partial charge in [-0.2, -0.15) is 0 Å². The van der Waals surface area contributed by atoms with Gasteiger partial charge in [0.05, 0.1) is 17.6 Å². The second-order valence-electron chi connectivity index (χ2n) is 3.84. The van der Waals surface area contributed by atoms with Crippen molar-refractivity contribution in [1.82, 2.24) is 0 Å². The first kappa shape index (κ1) is 13.0. The van der Waals surface area contributed by atoms with Crippen molar-refractivity contribution in [3.8, 4) is 5.75 Å². The number of nitrogens with one attached hydrogen (secondary N) is 1. The van der Waals surface area contributed by atoms with Crippen molar-refractivity contribution >= 4 is 27.5 Å². The summed E-state index contributed by atoms with van der Waals surface area (Å²) in [5, 5.41) is 2.83. The lowest BCUT2D eigenvalue weighted by molar-refractivity contribution is -0.116. The third-order valence-corrected chi connectivity index (χ3v) is 3.67. The number of anilines is 1. The number of hydrogen-bond donors (Lipinski definition) is 1. The molecule has 0 aliphatic heterocycles. The number of para-hydroxylation sites is 2. The van der Waals surface area contributed by atoms with Crippen LogP contribution < -0.4 is 10.1 Å². The quantitative estimate of drug-likeness (QED) is 0.864. The van der Waals surface area contributed by atoms with E-state index in [2.05, 4.69) is 21.2 Å². The van der Waals surface area contributed by atoms with Crippen molar-refractivity contribution in [2.24, 2.45) is 5.92 Å². The number of rotatable bonds is 4. The molecule has 0 saturated carbocycles. The maximum Gasteiger partial charge on any atom is 0.238 e. The highest BCUT2D eigenvalue weighted by Crippen LogP contribution is 2.24. The zero-order valence-corrected chi connectivity index (χ0v) is 11.2. The maximum absolute atomic E-state index is 11.8. The molecular weight excluding hydrogens is 270 g/mol. The minimum absolute atomic E-state index is 0.0560. The Morgan fingerprint density at radius 2 is 2.00 bits per heavy atom. The Kier molecular flexibility index (Phi) is 4.80. The molecule has 0 aliphatic carbocycles. The number of alkyl halides is 1. The lowest BCUT2D eigenvalue weighted by Gasteiger charge is -2.15. The van der Waals surface area contributed by atoms with Crippen LogP contribution in [0.5, 0.6) is 5.75 Å². The monoisotopic (exact) mass is 285 g/mol. The normalized spacial score (nSPS) is 12.3. The number of benzene rings is 1. The van der Waals surface area contributed by atoms with Gasteiger partial charge in [-0.1, -0.05) is 41.9 Å². The number of carbonyl (C=O) groups excluding carboxylic acids is 1. The molecule has 1 amide bonds. The summed E-state index contributed by atoms with van der Waals surface area (Å²) in [7, 11) is 1.58. The smallest absolute Gasteiger partial charge is 0.238 e. The van der Waals surface area contributed by atoms with Gasteiger partial charge in [0.15, 0.2) is 0 Å². The molecule has 1 aromatic rings. The van der Waals surface area contributed by atoms with Crippen LogP contribution in [0.4, 0.5) is 5.69 Å². The van der Waals surface area contributed by atoms with E-state index in [4.69, 9.17) is 4.74 Å². The Bertz CT molecular complexity index is 366. The minimum Gasteiger partial charge on any atom is -0.495 e. The zero-order valence-electron chi connectivity index (χ0n) is 9.66. The molecule has 3 nitrogen and oxygen atoms in total. The third kappa shape index (κ3) is 3.23. The second-order valence-corrected chi connectivity index (χ2v) is 4.82. The zero-order chi connectivity index (χ0) is 12.1. The summed E-state index contributed by atoms with van der Waals surface area (Å²) >= 11 is 3.36. The largest absolute Gasteiger partial charge is 0.495 e. The SMILES string of the molecule is COc1ccccc1NC(=O)[C@H](Br)C(C)C. The Morgan fingerprint density at radius 1 is 1.38 bits per heavy atom. The summed E-state index contributed by atoms with van der Waals surface area (Å²) < 4.78 is 5.16. The molecule has 0 radical (unpaired) electrons. The fourth-order valence-corrected chi connectivity index (χ4v) is 1.37. The molecule has 0 saturated heterocycles. The molecule has 0 heterocycles. The van der Waals surface area contributed by atoms with Gasteiger partial charge in [0.1, 0.15) is 5.75 Å². The summed E-state index contributed by atoms with van der Waals surface area (Å²) in [6, 6.07) is 7.35. The summed E-state index contributed by atoms with van der Waals surface area (Å²) in [4.78, 5) is 11.6. The van der Waals surface area contributed by atoms with Crippen molar-refractivity contribution in [1.29, 1.82) is 0 Å². The summed E-state index contributed by atoms with van der Waals surface area (Å²) in [6.07, 6.45) is 0. The molecule has 0 unspecified atom stereocenters. The van der Waals surface area contributed by atoms with E-state index in [1.807, 2.05) is 38.1 Å². The molecule has 1 aromatic carbocycles. The molecule has 0 spiro atoms. The summed E-state index contributed by atoms with van der Waals surface area (Å²) in [5.74, 6) is 0.855. The van der Waals surface area contributed by atoms with Gasteiger partial charge in [-0.15, -0.1) is 0 Å². The Hall–Kier alpha value is -1.03. The van der Waals surface area contributed by atoms with Crippen LogP contribution in [0.1, 0.15) is 13.8 Å². The van der Waals surface area contributed by atoms with E-state index >= 15 is 0 Å². The molecule has 0 bridgehead atoms. The highest BCUT2D eigenvalue weighted by molar-refractivity contribution is 9.10. The van der Waals surface area contributed by atoms with Crippen LogP contribution in [0.25, 0.3) is 0 Å². The minimum atomic E-state index is -0.197. The first-order valence-electron chi connectivity index (χ1n) is 5.14. The Balaban J connectivity index is 2.76. The lowest BCUT2D eigenvalue weighted by Crippen LogP contribution is -2.27. The van der Waals surface area contributed by atoms with Crippen LogP contribution in [-0.4, -0.2) is 17.8 Å². The number of ether oxygens (including phenoxy) is 1. The number of halogens is 1. The van der Waals surface area contributed by atoms with Gasteiger partial charge in [-0.25, -0.2) is 0 Å². The first-order valence-corrected chi connectivity index (χ1v) is 6.05. The molecule has 1 atom stereocenters. The van der Waals surface area contributed by atoms with Crippen LogP contribution in [0, 0.1) is 5.92 Å². The molecular formula is C12H16BrNO2. The van der Waals surface area contributed by atoms with Crippen molar-refractivity contribution in [3.63, 3.8) is 0 Å². The standard InChI is InChI=1S/C12H16BrNO2/c1-8(2)11(13)12(15)14-9-6-4-5-7-10(9)16-3/h4-8,11H,1-3H3,(H,14,15)/t11-/m1/s1. The molecule has 0 fully saturated rings. The molecule has 0 aliphatic rings. The number of methoxy groups -OCH3 is 1. The van der Waals surface area contributed by atoms with Gasteiger partial charge in [0, 0.05) is 0 Å². The average molecular weight is 286 g/mol. The highest BCUT2D eigenvalue weighted by atomic mass is 79.9. The topological polar surface area (TPSA) is 38.3 Å². The van der Waals surface area contributed by atoms with Crippen molar-refractivity contribution in [2.45, 2.75) is 18.7 Å². The van der Waals surface area contributed by atoms with Crippen molar-refractivity contribution in [3.05, 3.63) is 24.3 Å². The molecule has 1 rings (SSSR count). The first-order chi connectivity index (χ1) is 7.56. The predicted molar refractivity (Wildman–Crippen MR) is 69.2 cm³/mol. The average Bonchev–Trinajstić information content (AvgIpc) is 2.28. The van der Waals surface area contributed by atoms with E-state index in [1.54, 1.807) is 7.11 Å². The van der Waals surface area contributed by atoms with Crippen LogP contribution in [0.15, 0.2) is 24.3 Å². The fraction of sp³-hybridized carbons (Fsp3) is 0.417. The van der Waals surface area contributed by atoms with E-state index in [0.717, 1.165) is 0 Å². The van der Waals surface area contributed by atoms with Gasteiger partial charge >= 0.3 is 0 Å². The number of hydrogen-bond acceptors (Lipinski definition) is 2. The Morgan fingerprint density at radius 3 is 2.56 bits per heavy atom. The van der Waals surface area contributed by atoms with Gasteiger partial charge in [-0.3, -0.25) is 4.79 Å². The molecule has 16 heavy (non-hydrogen) atoms. The van der Waals surface area contributed by atoms with E-state index in [9.17, 15) is 4.79 Å². The molecule has 1 N–H and O–H groups in total. The van der Waals surface area contributed by atoms with Gasteiger partial charge in [-0.05, 0) is 18.1 Å². The summed E-state index contributed by atoms with van der Waals surface area (Å²) in [6.45, 7) is 3.97. The fourth-order valence-electron chi connectivity index (χ4n) is 1.25. The molecule has 4 heteroatoms. The van der Waals surface area contributed by atoms with E-state index in [0.29, 0.717) is 11.4 Å². The predicted octanol–water partition coefficient (Wildman–Crippen LogP) is 3.05. The van der Waals surface area contributed by atoms with Gasteiger partial charge < -0.3 is 10.1 Å². The lowest BCUT2D eigenvalue weighted by atomic mass is 10.1. The second kappa shape index (κ2) is 5.89. The third-order valence-electron chi connectivity index (χ3n) is 2.20. The summed E-state index contributed by atoms with van der Waals surface area (Å²) in [5.41, 5.74) is 0.695. The van der Waals surface area contributed by atoms with Gasteiger partial charge in [0.2, 0.25) is 5.91 Å². The van der Waals surface area contributed by atoms with E-state index in [1.165, 1.54) is 0 Å². The molecule has 0 aromatic heterocycles. The van der Waals surface area contributed by atoms with Crippen molar-refractivity contribution < 1.29 is 9.53 Å². The number of carbonyl (C=O) groups is 1. The van der Waals surface area contributed by atoms with Crippen LogP contribution in [0.3, 0.4) is 0 Å². The maximum atomic E-state index is 11.8. The highest BCUT2D eigenvalue weighted by Gasteiger charge is 2.19. The van der Waals surface area contributed by atoms with E-state index in [-0.39, 0.29) is 16.7 Å². The van der Waals surface area contributed by atoms with E-state index < -0.39 is 0 Å². The van der Waals surface area contributed by atoms with Crippen molar-refractivity contribution in [2.75, 3.05) is 12.4 Å². The van der Waals surface area contributed by atoms with Crippen LogP contribution in [0.2, 0.25) is 0 Å². The van der Waals surface area contributed by atoms with Gasteiger partial charge in [0.25, 0.3) is 0 Å². The molecule has 88 valence electrons. The number of amides is 1.